The van der Waals surface area contributed by atoms with Crippen molar-refractivity contribution in [2.45, 2.75) is 0 Å². The minimum Gasteiger partial charge on any atom is -0.601 e. The number of anilines is 3. The summed E-state index contributed by atoms with van der Waals surface area (Å²) in [6, 6.07) is 24.1. The molecule has 5 rings (SSSR count). The third-order valence-electron chi connectivity index (χ3n) is 5.41. The number of rotatable bonds is 3. The summed E-state index contributed by atoms with van der Waals surface area (Å²) < 4.78 is 0. The summed E-state index contributed by atoms with van der Waals surface area (Å²) in [5.74, 6) is 0.440. The Morgan fingerprint density at radius 2 is 1.73 bits per heavy atom. The van der Waals surface area contributed by atoms with E-state index in [-0.39, 0.29) is 5.17 Å². The van der Waals surface area contributed by atoms with Gasteiger partial charge in [-0.1, -0.05) is 36.4 Å². The van der Waals surface area contributed by atoms with Gasteiger partial charge >= 0.3 is 0 Å². The van der Waals surface area contributed by atoms with E-state index in [1.807, 2.05) is 48.5 Å². The molecule has 0 amide bonds. The number of piperazine rings is 1. The summed E-state index contributed by atoms with van der Waals surface area (Å²) >= 11 is 0. The van der Waals surface area contributed by atoms with Crippen LogP contribution in [0.15, 0.2) is 77.9 Å². The topological polar surface area (TPSA) is 79.2 Å². The van der Waals surface area contributed by atoms with Gasteiger partial charge in [-0.25, -0.2) is 5.17 Å². The molecule has 152 valence electrons. The lowest BCUT2D eigenvalue weighted by molar-refractivity contribution is -0.783. The van der Waals surface area contributed by atoms with Crippen LogP contribution in [0.4, 0.5) is 22.7 Å². The number of quaternary nitrogens is 1. The Morgan fingerprint density at radius 1 is 0.900 bits per heavy atom. The van der Waals surface area contributed by atoms with Crippen molar-refractivity contribution >= 4 is 28.7 Å². The van der Waals surface area contributed by atoms with Crippen LogP contribution in [0.1, 0.15) is 0 Å². The molecular formula is C23H24N6O. The van der Waals surface area contributed by atoms with Gasteiger partial charge in [0.25, 0.3) is 5.96 Å². The molecule has 4 N–H and O–H groups in total. The first-order valence-electron chi connectivity index (χ1n) is 10.2. The van der Waals surface area contributed by atoms with Crippen molar-refractivity contribution in [3.63, 3.8) is 0 Å². The number of nitrogens with zero attached hydrogens (tertiary/aromatic N) is 2. The standard InChI is InChI=1S/C23H24N6O/c30-29-22-10-9-18(17-5-2-1-3-6-17)15-21(22)26-23(27-29)25-19-7-4-8-20(16-19)28-13-11-24-12-14-28/h1-10,15-16,24,29H,11-14H2,(H2,25,26,27). The Bertz CT molecular complexity index is 1060. The maximum Gasteiger partial charge on any atom is 0.260 e. The largest absolute Gasteiger partial charge is 0.601 e. The molecule has 0 radical (unpaired) electrons. The molecule has 1 atom stereocenters. The van der Waals surface area contributed by atoms with Gasteiger partial charge in [-0.05, 0) is 46.6 Å². The third kappa shape index (κ3) is 3.86. The van der Waals surface area contributed by atoms with Crippen LogP contribution >= 0.6 is 0 Å². The lowest BCUT2D eigenvalue weighted by Gasteiger charge is -2.30. The summed E-state index contributed by atoms with van der Waals surface area (Å²) in [6.07, 6.45) is 0. The van der Waals surface area contributed by atoms with Gasteiger partial charge in [0.1, 0.15) is 5.69 Å². The highest BCUT2D eigenvalue weighted by Crippen LogP contribution is 2.28. The third-order valence-corrected chi connectivity index (χ3v) is 5.41. The predicted molar refractivity (Wildman–Crippen MR) is 122 cm³/mol. The van der Waals surface area contributed by atoms with E-state index in [2.05, 4.69) is 50.2 Å². The zero-order valence-corrected chi connectivity index (χ0v) is 16.6. The summed E-state index contributed by atoms with van der Waals surface area (Å²) in [6.45, 7) is 3.94. The van der Waals surface area contributed by atoms with E-state index >= 15 is 0 Å². The SMILES string of the molecule is [O-][NH+]1N=C(Nc2cccc(N3CCNCC3)c2)Nc2cc(-c3ccccc3)ccc21. The zero-order chi connectivity index (χ0) is 20.3. The average molecular weight is 400 g/mol. The van der Waals surface area contributed by atoms with Crippen molar-refractivity contribution in [1.82, 2.24) is 5.32 Å². The van der Waals surface area contributed by atoms with Gasteiger partial charge in [-0.15, -0.1) is 0 Å². The monoisotopic (exact) mass is 400 g/mol. The second-order valence-electron chi connectivity index (χ2n) is 7.43. The van der Waals surface area contributed by atoms with E-state index in [9.17, 15) is 5.21 Å². The van der Waals surface area contributed by atoms with Crippen molar-refractivity contribution in [2.75, 3.05) is 41.7 Å². The van der Waals surface area contributed by atoms with E-state index in [0.717, 1.165) is 54.4 Å². The molecule has 3 aromatic rings. The zero-order valence-electron chi connectivity index (χ0n) is 16.6. The second-order valence-corrected chi connectivity index (χ2v) is 7.43. The fourth-order valence-corrected chi connectivity index (χ4v) is 3.86. The molecule has 2 heterocycles. The van der Waals surface area contributed by atoms with E-state index in [4.69, 9.17) is 0 Å². The molecule has 7 heteroatoms. The molecular weight excluding hydrogens is 376 g/mol. The summed E-state index contributed by atoms with van der Waals surface area (Å²) in [7, 11) is 0. The Morgan fingerprint density at radius 3 is 2.57 bits per heavy atom. The Kier molecular flexibility index (Phi) is 5.06. The maximum atomic E-state index is 12.6. The van der Waals surface area contributed by atoms with Crippen LogP contribution in [0, 0.1) is 5.21 Å². The molecule has 7 nitrogen and oxygen atoms in total. The molecule has 0 aromatic heterocycles. The molecule has 1 unspecified atom stereocenters. The van der Waals surface area contributed by atoms with Gasteiger partial charge in [0.2, 0.25) is 0 Å². The quantitative estimate of drug-likeness (QED) is 0.509. The summed E-state index contributed by atoms with van der Waals surface area (Å²) in [5, 5.41) is 26.4. The van der Waals surface area contributed by atoms with Crippen LogP contribution in [-0.4, -0.2) is 32.1 Å². The van der Waals surface area contributed by atoms with E-state index in [1.54, 1.807) is 0 Å². The summed E-state index contributed by atoms with van der Waals surface area (Å²) in [5.41, 5.74) is 5.56. The molecule has 2 aliphatic rings. The normalized spacial score (nSPS) is 18.2. The van der Waals surface area contributed by atoms with Gasteiger partial charge in [0, 0.05) is 43.6 Å². The Hall–Kier alpha value is -3.39. The minimum absolute atomic E-state index is 0.246. The highest BCUT2D eigenvalue weighted by atomic mass is 16.5. The molecule has 1 fully saturated rings. The first kappa shape index (κ1) is 18.6. The number of hydrogen-bond donors (Lipinski definition) is 4. The predicted octanol–water partition coefficient (Wildman–Crippen LogP) is 2.59. The fraction of sp³-hybridized carbons (Fsp3) is 0.174. The Balaban J connectivity index is 1.36. The molecule has 1 saturated heterocycles. The van der Waals surface area contributed by atoms with Crippen LogP contribution in [0.25, 0.3) is 11.1 Å². The summed E-state index contributed by atoms with van der Waals surface area (Å²) in [4.78, 5) is 2.35. The highest BCUT2D eigenvalue weighted by Gasteiger charge is 2.20. The number of guanidine groups is 1. The molecule has 0 spiro atoms. The van der Waals surface area contributed by atoms with Gasteiger partial charge in [0.15, 0.2) is 5.69 Å². The number of nitrogens with one attached hydrogen (secondary N) is 4. The molecule has 0 saturated carbocycles. The van der Waals surface area contributed by atoms with Crippen LogP contribution < -0.4 is 26.0 Å². The van der Waals surface area contributed by atoms with Crippen LogP contribution in [0.5, 0.6) is 0 Å². The first-order valence-corrected chi connectivity index (χ1v) is 10.2. The van der Waals surface area contributed by atoms with Gasteiger partial charge in [0.05, 0.1) is 0 Å². The lowest BCUT2D eigenvalue weighted by Crippen LogP contribution is -2.98. The van der Waals surface area contributed by atoms with E-state index < -0.39 is 0 Å². The molecule has 3 aromatic carbocycles. The average Bonchev–Trinajstić information content (AvgIpc) is 2.80. The Labute approximate surface area is 175 Å². The van der Waals surface area contributed by atoms with Gasteiger partial charge in [-0.2, -0.15) is 0 Å². The van der Waals surface area contributed by atoms with Crippen molar-refractivity contribution in [3.8, 4) is 11.1 Å². The van der Waals surface area contributed by atoms with Crippen molar-refractivity contribution < 1.29 is 5.17 Å². The molecule has 0 aliphatic carbocycles. The maximum absolute atomic E-state index is 12.6. The van der Waals surface area contributed by atoms with Crippen molar-refractivity contribution in [1.29, 1.82) is 0 Å². The second kappa shape index (κ2) is 8.16. The molecule has 2 aliphatic heterocycles. The van der Waals surface area contributed by atoms with E-state index in [0.29, 0.717) is 11.6 Å². The number of hydrogen-bond acceptors (Lipinski definition) is 6. The number of benzene rings is 3. The first-order chi connectivity index (χ1) is 14.8. The van der Waals surface area contributed by atoms with Crippen molar-refractivity contribution in [3.05, 3.63) is 78.0 Å². The van der Waals surface area contributed by atoms with Gasteiger partial charge in [-0.3, -0.25) is 0 Å². The number of fused-ring (bicyclic) bond motifs is 1. The smallest absolute Gasteiger partial charge is 0.260 e. The van der Waals surface area contributed by atoms with Crippen LogP contribution in [0.2, 0.25) is 0 Å². The van der Waals surface area contributed by atoms with Crippen LogP contribution in [-0.2, 0) is 0 Å². The van der Waals surface area contributed by atoms with E-state index in [1.165, 1.54) is 0 Å². The van der Waals surface area contributed by atoms with Crippen LogP contribution in [0.3, 0.4) is 0 Å². The minimum atomic E-state index is -0.246. The molecule has 30 heavy (non-hydrogen) atoms. The highest BCUT2D eigenvalue weighted by molar-refractivity contribution is 6.05. The lowest BCUT2D eigenvalue weighted by atomic mass is 10.0. The molecule has 0 bridgehead atoms. The fourth-order valence-electron chi connectivity index (χ4n) is 3.86. The van der Waals surface area contributed by atoms with Crippen molar-refractivity contribution in [2.24, 2.45) is 5.10 Å². The van der Waals surface area contributed by atoms with Gasteiger partial charge < -0.3 is 26.1 Å².